The van der Waals surface area contributed by atoms with Crippen LogP contribution in [-0.4, -0.2) is 59.1 Å². The molecule has 0 aliphatic carbocycles. The molecular formula is C18H23N3O4S2. The van der Waals surface area contributed by atoms with E-state index in [1.54, 1.807) is 29.5 Å². The molecule has 1 amide bonds. The molecule has 0 bridgehead atoms. The van der Waals surface area contributed by atoms with Crippen LogP contribution in [0.4, 0.5) is 5.69 Å². The van der Waals surface area contributed by atoms with E-state index in [2.05, 4.69) is 9.62 Å². The van der Waals surface area contributed by atoms with Gasteiger partial charge < -0.3 is 14.5 Å². The second kappa shape index (κ2) is 8.73. The number of ether oxygens (including phenoxy) is 1. The molecule has 1 aliphatic heterocycles. The molecule has 1 aliphatic rings. The summed E-state index contributed by atoms with van der Waals surface area (Å²) in [6.07, 6.45) is 0.157. The van der Waals surface area contributed by atoms with E-state index in [1.165, 1.54) is 0 Å². The Balaban J connectivity index is 1.46. The molecule has 9 heteroatoms. The van der Waals surface area contributed by atoms with Crippen LogP contribution in [0.5, 0.6) is 5.75 Å². The van der Waals surface area contributed by atoms with Crippen molar-refractivity contribution in [3.63, 3.8) is 0 Å². The van der Waals surface area contributed by atoms with E-state index in [0.29, 0.717) is 13.1 Å². The van der Waals surface area contributed by atoms with Crippen molar-refractivity contribution in [1.29, 1.82) is 0 Å². The summed E-state index contributed by atoms with van der Waals surface area (Å²) < 4.78 is 32.1. The number of hydrogen-bond acceptors (Lipinski definition) is 6. The van der Waals surface area contributed by atoms with Gasteiger partial charge in [0.2, 0.25) is 15.9 Å². The maximum Gasteiger partial charge on any atom is 0.250 e. The molecule has 27 heavy (non-hydrogen) atoms. The van der Waals surface area contributed by atoms with Gasteiger partial charge in [-0.05, 0) is 23.6 Å². The minimum atomic E-state index is -3.52. The Morgan fingerprint density at radius 1 is 1.19 bits per heavy atom. The Morgan fingerprint density at radius 3 is 2.63 bits per heavy atom. The number of sulfonamides is 1. The smallest absolute Gasteiger partial charge is 0.250 e. The van der Waals surface area contributed by atoms with Crippen LogP contribution in [0.3, 0.4) is 0 Å². The predicted molar refractivity (Wildman–Crippen MR) is 106 cm³/mol. The number of carbonyl (C=O) groups is 1. The summed E-state index contributed by atoms with van der Waals surface area (Å²) in [7, 11) is -1.88. The van der Waals surface area contributed by atoms with Crippen molar-refractivity contribution in [2.24, 2.45) is 0 Å². The molecule has 1 fully saturated rings. The van der Waals surface area contributed by atoms with Gasteiger partial charge in [0.15, 0.2) is 0 Å². The average molecular weight is 410 g/mol. The van der Waals surface area contributed by atoms with Crippen molar-refractivity contribution in [3.8, 4) is 5.75 Å². The molecule has 1 aromatic heterocycles. The minimum Gasteiger partial charge on any atom is -0.497 e. The molecular weight excluding hydrogens is 386 g/mol. The number of piperazine rings is 1. The lowest BCUT2D eigenvalue weighted by Gasteiger charge is -2.36. The average Bonchev–Trinajstić information content (AvgIpc) is 3.24. The number of hydrogen-bond donors (Lipinski definition) is 1. The normalized spacial score (nSPS) is 15.0. The summed E-state index contributed by atoms with van der Waals surface area (Å²) >= 11 is 1.16. The fraction of sp³-hybridized carbons (Fsp3) is 0.389. The van der Waals surface area contributed by atoms with Crippen molar-refractivity contribution in [2.75, 3.05) is 44.7 Å². The topological polar surface area (TPSA) is 79.0 Å². The highest BCUT2D eigenvalue weighted by Crippen LogP contribution is 2.22. The van der Waals surface area contributed by atoms with Gasteiger partial charge >= 0.3 is 0 Å². The van der Waals surface area contributed by atoms with Gasteiger partial charge in [-0.2, -0.15) is 0 Å². The number of amides is 1. The van der Waals surface area contributed by atoms with Gasteiger partial charge in [-0.3, -0.25) is 4.79 Å². The van der Waals surface area contributed by atoms with Crippen molar-refractivity contribution in [2.45, 2.75) is 10.6 Å². The van der Waals surface area contributed by atoms with Gasteiger partial charge in [0.25, 0.3) is 0 Å². The Bertz CT molecular complexity index is 860. The maximum absolute atomic E-state index is 12.4. The Kier molecular flexibility index (Phi) is 6.35. The SMILES string of the molecule is COc1cccc(N2CCN(C(=O)CCNS(=O)(=O)c3cccs3)CC2)c1. The lowest BCUT2D eigenvalue weighted by atomic mass is 10.2. The number of thiophene rings is 1. The molecule has 1 saturated heterocycles. The quantitative estimate of drug-likeness (QED) is 0.754. The van der Waals surface area contributed by atoms with E-state index in [4.69, 9.17) is 4.74 Å². The Labute approximate surface area is 163 Å². The summed E-state index contributed by atoms with van der Waals surface area (Å²) in [5.41, 5.74) is 1.07. The largest absolute Gasteiger partial charge is 0.497 e. The van der Waals surface area contributed by atoms with Crippen molar-refractivity contribution in [3.05, 3.63) is 41.8 Å². The summed E-state index contributed by atoms with van der Waals surface area (Å²) in [5.74, 6) is 0.776. The zero-order valence-electron chi connectivity index (χ0n) is 15.1. The maximum atomic E-state index is 12.4. The highest BCUT2D eigenvalue weighted by Gasteiger charge is 2.22. The van der Waals surface area contributed by atoms with E-state index >= 15 is 0 Å². The first kappa shape index (κ1) is 19.7. The van der Waals surface area contributed by atoms with Crippen LogP contribution < -0.4 is 14.4 Å². The first-order valence-corrected chi connectivity index (χ1v) is 11.1. The third-order valence-corrected chi connectivity index (χ3v) is 7.30. The summed E-state index contributed by atoms with van der Waals surface area (Å²) in [6, 6.07) is 11.1. The van der Waals surface area contributed by atoms with Crippen LogP contribution in [0.1, 0.15) is 6.42 Å². The van der Waals surface area contributed by atoms with E-state index in [0.717, 1.165) is 35.9 Å². The van der Waals surface area contributed by atoms with Gasteiger partial charge in [0, 0.05) is 50.9 Å². The molecule has 0 radical (unpaired) electrons. The standard InChI is InChI=1S/C18H23N3O4S2/c1-25-16-5-2-4-15(14-16)20-9-11-21(12-10-20)17(22)7-8-19-27(23,24)18-6-3-13-26-18/h2-6,13-14,19H,7-12H2,1H3. The van der Waals surface area contributed by atoms with E-state index in [9.17, 15) is 13.2 Å². The van der Waals surface area contributed by atoms with Crippen LogP contribution in [0.2, 0.25) is 0 Å². The molecule has 7 nitrogen and oxygen atoms in total. The van der Waals surface area contributed by atoms with Gasteiger partial charge in [0.05, 0.1) is 7.11 Å². The summed E-state index contributed by atoms with van der Waals surface area (Å²) in [5, 5.41) is 1.71. The lowest BCUT2D eigenvalue weighted by molar-refractivity contribution is -0.131. The number of methoxy groups -OCH3 is 1. The first-order valence-electron chi connectivity index (χ1n) is 8.69. The van der Waals surface area contributed by atoms with Crippen LogP contribution in [0.25, 0.3) is 0 Å². The molecule has 2 aromatic rings. The highest BCUT2D eigenvalue weighted by molar-refractivity contribution is 7.91. The highest BCUT2D eigenvalue weighted by atomic mass is 32.2. The molecule has 3 rings (SSSR count). The van der Waals surface area contributed by atoms with E-state index < -0.39 is 10.0 Å². The molecule has 0 unspecified atom stereocenters. The monoisotopic (exact) mass is 409 g/mol. The number of carbonyl (C=O) groups excluding carboxylic acids is 1. The number of nitrogens with one attached hydrogen (secondary N) is 1. The number of benzene rings is 1. The van der Waals surface area contributed by atoms with Crippen molar-refractivity contribution in [1.82, 2.24) is 9.62 Å². The molecule has 0 spiro atoms. The van der Waals surface area contributed by atoms with E-state index in [-0.39, 0.29) is 23.1 Å². The molecule has 1 N–H and O–H groups in total. The fourth-order valence-corrected chi connectivity index (χ4v) is 5.03. The number of nitrogens with zero attached hydrogens (tertiary/aromatic N) is 2. The third kappa shape index (κ3) is 5.00. The summed E-state index contributed by atoms with van der Waals surface area (Å²) in [6.45, 7) is 2.82. The molecule has 2 heterocycles. The van der Waals surface area contributed by atoms with Gasteiger partial charge in [-0.25, -0.2) is 13.1 Å². The van der Waals surface area contributed by atoms with Gasteiger partial charge in [0.1, 0.15) is 9.96 Å². The summed E-state index contributed by atoms with van der Waals surface area (Å²) in [4.78, 5) is 16.4. The Morgan fingerprint density at radius 2 is 1.96 bits per heavy atom. The molecule has 146 valence electrons. The van der Waals surface area contributed by atoms with Crippen LogP contribution in [-0.2, 0) is 14.8 Å². The third-order valence-electron chi connectivity index (χ3n) is 4.44. The zero-order valence-corrected chi connectivity index (χ0v) is 16.8. The van der Waals surface area contributed by atoms with Gasteiger partial charge in [-0.15, -0.1) is 11.3 Å². The predicted octanol–water partition coefficient (Wildman–Crippen LogP) is 1.77. The minimum absolute atomic E-state index is 0.0332. The Hall–Kier alpha value is -2.10. The zero-order chi connectivity index (χ0) is 19.3. The van der Waals surface area contributed by atoms with Crippen molar-refractivity contribution < 1.29 is 17.9 Å². The number of anilines is 1. The molecule has 0 atom stereocenters. The van der Waals surface area contributed by atoms with E-state index in [1.807, 2.05) is 24.3 Å². The van der Waals surface area contributed by atoms with Gasteiger partial charge in [-0.1, -0.05) is 12.1 Å². The number of rotatable bonds is 7. The fourth-order valence-electron chi connectivity index (χ4n) is 2.96. The van der Waals surface area contributed by atoms with Crippen molar-refractivity contribution >= 4 is 33.0 Å². The second-order valence-electron chi connectivity index (χ2n) is 6.15. The first-order chi connectivity index (χ1) is 13.0. The molecule has 0 saturated carbocycles. The van der Waals surface area contributed by atoms with Crippen LogP contribution >= 0.6 is 11.3 Å². The lowest BCUT2D eigenvalue weighted by Crippen LogP contribution is -2.49. The van der Waals surface area contributed by atoms with Crippen LogP contribution in [0.15, 0.2) is 46.0 Å². The molecule has 1 aromatic carbocycles. The van der Waals surface area contributed by atoms with Crippen LogP contribution in [0, 0.1) is 0 Å². The second-order valence-corrected chi connectivity index (χ2v) is 9.09.